The van der Waals surface area contributed by atoms with Crippen molar-refractivity contribution in [3.05, 3.63) is 29.8 Å². The lowest BCUT2D eigenvalue weighted by Gasteiger charge is -2.08. The van der Waals surface area contributed by atoms with Gasteiger partial charge in [-0.05, 0) is 37.0 Å². The van der Waals surface area contributed by atoms with Gasteiger partial charge >= 0.3 is 0 Å². The molecule has 0 aromatic heterocycles. The summed E-state index contributed by atoms with van der Waals surface area (Å²) in [7, 11) is 0. The van der Waals surface area contributed by atoms with Crippen LogP contribution in [0.5, 0.6) is 0 Å². The van der Waals surface area contributed by atoms with E-state index in [0.717, 1.165) is 17.7 Å². The monoisotopic (exact) mass is 308 g/mol. The van der Waals surface area contributed by atoms with Gasteiger partial charge in [0.2, 0.25) is 11.8 Å². The van der Waals surface area contributed by atoms with Crippen LogP contribution in [0.3, 0.4) is 0 Å². The highest BCUT2D eigenvalue weighted by Gasteiger charge is 2.06. The summed E-state index contributed by atoms with van der Waals surface area (Å²) in [4.78, 5) is 23.3. The highest BCUT2D eigenvalue weighted by atomic mass is 32.2. The minimum Gasteiger partial charge on any atom is -0.355 e. The SMILES string of the molecule is Cc1cccc(NC(=O)CSCC(=O)NCCC(C)C)c1. The van der Waals surface area contributed by atoms with Crippen LogP contribution in [0.4, 0.5) is 5.69 Å². The van der Waals surface area contributed by atoms with Gasteiger partial charge in [0, 0.05) is 12.2 Å². The molecule has 2 amide bonds. The van der Waals surface area contributed by atoms with Crippen molar-refractivity contribution in [2.75, 3.05) is 23.4 Å². The minimum atomic E-state index is -0.0828. The molecule has 4 nitrogen and oxygen atoms in total. The lowest BCUT2D eigenvalue weighted by Crippen LogP contribution is -2.27. The fraction of sp³-hybridized carbons (Fsp3) is 0.500. The Balaban J connectivity index is 2.17. The Hall–Kier alpha value is -1.49. The van der Waals surface area contributed by atoms with E-state index in [4.69, 9.17) is 0 Å². The zero-order valence-electron chi connectivity index (χ0n) is 12.9. The summed E-state index contributed by atoms with van der Waals surface area (Å²) in [5, 5.41) is 5.68. The van der Waals surface area contributed by atoms with Crippen molar-refractivity contribution < 1.29 is 9.59 Å². The first-order chi connectivity index (χ1) is 9.97. The highest BCUT2D eigenvalue weighted by molar-refractivity contribution is 8.00. The molecular formula is C16H24N2O2S. The van der Waals surface area contributed by atoms with Crippen LogP contribution in [0.1, 0.15) is 25.8 Å². The van der Waals surface area contributed by atoms with Crippen LogP contribution in [0.15, 0.2) is 24.3 Å². The molecule has 116 valence electrons. The second-order valence-corrected chi connectivity index (χ2v) is 6.43. The highest BCUT2D eigenvalue weighted by Crippen LogP contribution is 2.10. The van der Waals surface area contributed by atoms with Crippen LogP contribution in [-0.2, 0) is 9.59 Å². The summed E-state index contributed by atoms with van der Waals surface area (Å²) in [5.41, 5.74) is 1.90. The molecule has 21 heavy (non-hydrogen) atoms. The topological polar surface area (TPSA) is 58.2 Å². The summed E-state index contributed by atoms with van der Waals surface area (Å²) in [6, 6.07) is 7.65. The average Bonchev–Trinajstić information content (AvgIpc) is 2.38. The maximum Gasteiger partial charge on any atom is 0.234 e. The third kappa shape index (κ3) is 8.40. The van der Waals surface area contributed by atoms with Crippen molar-refractivity contribution in [2.45, 2.75) is 27.2 Å². The number of carbonyl (C=O) groups is 2. The predicted octanol–water partition coefficient (Wildman–Crippen LogP) is 2.83. The van der Waals surface area contributed by atoms with Gasteiger partial charge in [-0.2, -0.15) is 0 Å². The zero-order chi connectivity index (χ0) is 15.7. The van der Waals surface area contributed by atoms with E-state index in [-0.39, 0.29) is 17.6 Å². The maximum atomic E-state index is 11.7. The summed E-state index contributed by atoms with van der Waals surface area (Å²) in [6.07, 6.45) is 0.976. The Bertz CT molecular complexity index is 475. The van der Waals surface area contributed by atoms with Gasteiger partial charge in [0.15, 0.2) is 0 Å². The van der Waals surface area contributed by atoms with E-state index in [1.165, 1.54) is 11.8 Å². The van der Waals surface area contributed by atoms with Crippen LogP contribution >= 0.6 is 11.8 Å². The molecular weight excluding hydrogens is 284 g/mol. The number of thioether (sulfide) groups is 1. The Kier molecular flexibility index (Phi) is 7.90. The second-order valence-electron chi connectivity index (χ2n) is 5.44. The van der Waals surface area contributed by atoms with Gasteiger partial charge in [0.25, 0.3) is 0 Å². The molecule has 1 aromatic rings. The van der Waals surface area contributed by atoms with Gasteiger partial charge in [0.1, 0.15) is 0 Å². The first-order valence-electron chi connectivity index (χ1n) is 7.18. The minimum absolute atomic E-state index is 0.0102. The number of carbonyl (C=O) groups excluding carboxylic acids is 2. The molecule has 0 unspecified atom stereocenters. The molecule has 1 aromatic carbocycles. The van der Waals surface area contributed by atoms with Gasteiger partial charge in [-0.3, -0.25) is 9.59 Å². The summed E-state index contributed by atoms with van der Waals surface area (Å²) < 4.78 is 0. The molecule has 0 atom stereocenters. The van der Waals surface area contributed by atoms with Gasteiger partial charge in [-0.1, -0.05) is 26.0 Å². The Morgan fingerprint density at radius 3 is 2.57 bits per heavy atom. The molecule has 0 saturated carbocycles. The van der Waals surface area contributed by atoms with Gasteiger partial charge in [0.05, 0.1) is 11.5 Å². The molecule has 2 N–H and O–H groups in total. The Labute approximate surface area is 131 Å². The van der Waals surface area contributed by atoms with E-state index in [1.54, 1.807) is 0 Å². The molecule has 0 radical (unpaired) electrons. The number of aryl methyl sites for hydroxylation is 1. The zero-order valence-corrected chi connectivity index (χ0v) is 13.8. The molecule has 5 heteroatoms. The molecule has 0 bridgehead atoms. The normalized spacial score (nSPS) is 10.5. The molecule has 0 aliphatic rings. The van der Waals surface area contributed by atoms with Crippen molar-refractivity contribution in [2.24, 2.45) is 5.92 Å². The van der Waals surface area contributed by atoms with Crippen LogP contribution in [-0.4, -0.2) is 29.9 Å². The quantitative estimate of drug-likeness (QED) is 0.776. The number of rotatable bonds is 8. The van der Waals surface area contributed by atoms with Gasteiger partial charge < -0.3 is 10.6 Å². The van der Waals surface area contributed by atoms with E-state index >= 15 is 0 Å². The van der Waals surface area contributed by atoms with Crippen LogP contribution in [0.2, 0.25) is 0 Å². The van der Waals surface area contributed by atoms with Crippen LogP contribution < -0.4 is 10.6 Å². The van der Waals surface area contributed by atoms with E-state index in [0.29, 0.717) is 18.2 Å². The molecule has 0 heterocycles. The lowest BCUT2D eigenvalue weighted by atomic mass is 10.1. The first kappa shape index (κ1) is 17.6. The summed E-state index contributed by atoms with van der Waals surface area (Å²) in [6.45, 7) is 6.92. The molecule has 0 aliphatic carbocycles. The standard InChI is InChI=1S/C16H24N2O2S/c1-12(2)7-8-17-15(19)10-21-11-16(20)18-14-6-4-5-13(3)9-14/h4-6,9,12H,7-8,10-11H2,1-3H3,(H,17,19)(H,18,20). The number of nitrogens with one attached hydrogen (secondary N) is 2. The van der Waals surface area contributed by atoms with Crippen LogP contribution in [0, 0.1) is 12.8 Å². The largest absolute Gasteiger partial charge is 0.355 e. The van der Waals surface area contributed by atoms with E-state index < -0.39 is 0 Å². The number of hydrogen-bond acceptors (Lipinski definition) is 3. The molecule has 1 rings (SSSR count). The second kappa shape index (κ2) is 9.45. The van der Waals surface area contributed by atoms with Crippen molar-refractivity contribution in [3.63, 3.8) is 0 Å². The fourth-order valence-electron chi connectivity index (χ4n) is 1.71. The van der Waals surface area contributed by atoms with E-state index in [2.05, 4.69) is 24.5 Å². The molecule has 0 aliphatic heterocycles. The molecule has 0 fully saturated rings. The lowest BCUT2D eigenvalue weighted by molar-refractivity contribution is -0.118. The van der Waals surface area contributed by atoms with Gasteiger partial charge in [-0.25, -0.2) is 0 Å². The van der Waals surface area contributed by atoms with E-state index in [1.807, 2.05) is 31.2 Å². The number of anilines is 1. The third-order valence-electron chi connectivity index (χ3n) is 2.81. The first-order valence-corrected chi connectivity index (χ1v) is 8.34. The van der Waals surface area contributed by atoms with Gasteiger partial charge in [-0.15, -0.1) is 11.8 Å². The smallest absolute Gasteiger partial charge is 0.234 e. The Morgan fingerprint density at radius 2 is 1.90 bits per heavy atom. The maximum absolute atomic E-state index is 11.7. The number of hydrogen-bond donors (Lipinski definition) is 2. The third-order valence-corrected chi connectivity index (χ3v) is 3.74. The summed E-state index contributed by atoms with van der Waals surface area (Å²) >= 11 is 1.33. The number of amides is 2. The summed E-state index contributed by atoms with van der Waals surface area (Å²) in [5.74, 6) is 1.09. The van der Waals surface area contributed by atoms with E-state index in [9.17, 15) is 9.59 Å². The van der Waals surface area contributed by atoms with Crippen molar-refractivity contribution in [1.82, 2.24) is 5.32 Å². The van der Waals surface area contributed by atoms with Crippen molar-refractivity contribution in [3.8, 4) is 0 Å². The molecule has 0 saturated heterocycles. The molecule has 0 spiro atoms. The fourth-order valence-corrected chi connectivity index (χ4v) is 2.35. The Morgan fingerprint density at radius 1 is 1.19 bits per heavy atom. The number of benzene rings is 1. The average molecular weight is 308 g/mol. The van der Waals surface area contributed by atoms with Crippen LogP contribution in [0.25, 0.3) is 0 Å². The van der Waals surface area contributed by atoms with Crippen molar-refractivity contribution in [1.29, 1.82) is 0 Å². The van der Waals surface area contributed by atoms with Crippen molar-refractivity contribution >= 4 is 29.3 Å². The predicted molar refractivity (Wildman–Crippen MR) is 89.6 cm³/mol.